The second-order valence-corrected chi connectivity index (χ2v) is 8.11. The van der Waals surface area contributed by atoms with Gasteiger partial charge in [0, 0.05) is 44.4 Å². The molecule has 0 aliphatic carbocycles. The van der Waals surface area contributed by atoms with Crippen LogP contribution in [0.3, 0.4) is 0 Å². The topological polar surface area (TPSA) is 92.4 Å². The van der Waals surface area contributed by atoms with E-state index < -0.39 is 5.41 Å². The van der Waals surface area contributed by atoms with Crippen LogP contribution in [0.25, 0.3) is 0 Å². The quantitative estimate of drug-likeness (QED) is 0.517. The number of rotatable bonds is 7. The summed E-state index contributed by atoms with van der Waals surface area (Å²) in [6, 6.07) is 20.8. The van der Waals surface area contributed by atoms with Crippen LogP contribution < -0.4 is 16.0 Å². The van der Waals surface area contributed by atoms with E-state index in [0.29, 0.717) is 44.8 Å². The van der Waals surface area contributed by atoms with E-state index in [0.717, 1.165) is 16.7 Å². The molecule has 7 nitrogen and oxygen atoms in total. The van der Waals surface area contributed by atoms with Crippen molar-refractivity contribution >= 4 is 17.6 Å². The highest BCUT2D eigenvalue weighted by Gasteiger charge is 2.41. The van der Waals surface area contributed by atoms with E-state index in [4.69, 9.17) is 4.74 Å². The van der Waals surface area contributed by atoms with Crippen LogP contribution in [0, 0.1) is 0 Å². The highest BCUT2D eigenvalue weighted by atomic mass is 16.5. The maximum Gasteiger partial charge on any atom is 0.319 e. The Bertz CT molecular complexity index is 1070. The molecule has 2 aromatic carbocycles. The second kappa shape index (κ2) is 10.7. The molecule has 1 aliphatic heterocycles. The van der Waals surface area contributed by atoms with Crippen LogP contribution >= 0.6 is 0 Å². The van der Waals surface area contributed by atoms with Gasteiger partial charge in [-0.2, -0.15) is 0 Å². The van der Waals surface area contributed by atoms with Crippen molar-refractivity contribution in [1.29, 1.82) is 0 Å². The number of ether oxygens (including phenoxy) is 1. The molecule has 2 heterocycles. The number of nitrogens with one attached hydrogen (secondary N) is 3. The third-order valence-electron chi connectivity index (χ3n) is 5.95. The van der Waals surface area contributed by atoms with E-state index in [1.807, 2.05) is 66.7 Å². The number of urea groups is 1. The number of carbonyl (C=O) groups is 2. The first-order valence-corrected chi connectivity index (χ1v) is 11.1. The smallest absolute Gasteiger partial charge is 0.319 e. The van der Waals surface area contributed by atoms with Gasteiger partial charge >= 0.3 is 6.03 Å². The Labute approximate surface area is 193 Å². The molecule has 170 valence electrons. The third-order valence-corrected chi connectivity index (χ3v) is 5.95. The molecular formula is C26H28N4O3. The second-order valence-electron chi connectivity index (χ2n) is 8.11. The van der Waals surface area contributed by atoms with E-state index in [1.165, 1.54) is 0 Å². The molecule has 0 spiro atoms. The van der Waals surface area contributed by atoms with Gasteiger partial charge in [-0.05, 0) is 53.8 Å². The highest BCUT2D eigenvalue weighted by Crippen LogP contribution is 2.35. The molecule has 0 saturated carbocycles. The Morgan fingerprint density at radius 2 is 1.58 bits per heavy atom. The summed E-state index contributed by atoms with van der Waals surface area (Å²) >= 11 is 0. The maximum atomic E-state index is 13.3. The SMILES string of the molecule is O=C(NCc1ccncc1)Nc1cccc(CNC(=O)C2(c3ccccc3)CCOCC2)c1. The maximum absolute atomic E-state index is 13.3. The Morgan fingerprint density at radius 1 is 0.848 bits per heavy atom. The Morgan fingerprint density at radius 3 is 2.33 bits per heavy atom. The molecule has 0 bridgehead atoms. The van der Waals surface area contributed by atoms with Crippen LogP contribution in [-0.4, -0.2) is 30.1 Å². The molecule has 3 N–H and O–H groups in total. The minimum Gasteiger partial charge on any atom is -0.381 e. The lowest BCUT2D eigenvalue weighted by Gasteiger charge is -2.36. The van der Waals surface area contributed by atoms with E-state index in [-0.39, 0.29) is 11.9 Å². The first kappa shape index (κ1) is 22.5. The molecular weight excluding hydrogens is 416 g/mol. The lowest BCUT2D eigenvalue weighted by Crippen LogP contribution is -2.47. The zero-order chi connectivity index (χ0) is 22.9. The number of benzene rings is 2. The summed E-state index contributed by atoms with van der Waals surface area (Å²) in [6.07, 6.45) is 4.69. The Hall–Kier alpha value is -3.71. The predicted octanol–water partition coefficient (Wildman–Crippen LogP) is 3.77. The van der Waals surface area contributed by atoms with Crippen molar-refractivity contribution in [2.75, 3.05) is 18.5 Å². The molecule has 1 fully saturated rings. The number of nitrogens with zero attached hydrogens (tertiary/aromatic N) is 1. The van der Waals surface area contributed by atoms with Gasteiger partial charge in [0.1, 0.15) is 0 Å². The Kier molecular flexibility index (Phi) is 7.32. The van der Waals surface area contributed by atoms with E-state index in [2.05, 4.69) is 20.9 Å². The lowest BCUT2D eigenvalue weighted by molar-refractivity contribution is -0.130. The highest BCUT2D eigenvalue weighted by molar-refractivity contribution is 5.89. The van der Waals surface area contributed by atoms with Crippen molar-refractivity contribution in [1.82, 2.24) is 15.6 Å². The summed E-state index contributed by atoms with van der Waals surface area (Å²) in [7, 11) is 0. The minimum atomic E-state index is -0.581. The van der Waals surface area contributed by atoms with E-state index in [1.54, 1.807) is 12.4 Å². The van der Waals surface area contributed by atoms with Gasteiger partial charge in [0.25, 0.3) is 0 Å². The van der Waals surface area contributed by atoms with Crippen molar-refractivity contribution in [2.24, 2.45) is 0 Å². The molecule has 0 unspecified atom stereocenters. The fourth-order valence-corrected chi connectivity index (χ4v) is 4.09. The molecule has 33 heavy (non-hydrogen) atoms. The number of anilines is 1. The number of aromatic nitrogens is 1. The largest absolute Gasteiger partial charge is 0.381 e. The Balaban J connectivity index is 1.36. The number of carbonyl (C=O) groups excluding carboxylic acids is 2. The number of pyridine rings is 1. The van der Waals surface area contributed by atoms with Gasteiger partial charge in [0.05, 0.1) is 5.41 Å². The number of hydrogen-bond acceptors (Lipinski definition) is 4. The van der Waals surface area contributed by atoms with Crippen LogP contribution in [0.5, 0.6) is 0 Å². The van der Waals surface area contributed by atoms with Gasteiger partial charge in [0.2, 0.25) is 5.91 Å². The van der Waals surface area contributed by atoms with Crippen molar-refractivity contribution < 1.29 is 14.3 Å². The van der Waals surface area contributed by atoms with Gasteiger partial charge in [-0.15, -0.1) is 0 Å². The summed E-state index contributed by atoms with van der Waals surface area (Å²) in [5, 5.41) is 8.77. The third kappa shape index (κ3) is 5.75. The van der Waals surface area contributed by atoms with Crippen LogP contribution in [-0.2, 0) is 28.0 Å². The van der Waals surface area contributed by atoms with Gasteiger partial charge in [-0.25, -0.2) is 4.79 Å². The molecule has 7 heteroatoms. The molecule has 0 radical (unpaired) electrons. The standard InChI is InChI=1S/C26H28N4O3/c31-24(26(11-15-33-16-12-26)22-6-2-1-3-7-22)28-19-21-5-4-8-23(17-21)30-25(32)29-18-20-9-13-27-14-10-20/h1-10,13-14,17H,11-12,15-16,18-19H2,(H,28,31)(H2,29,30,32). The van der Waals surface area contributed by atoms with Crippen molar-refractivity contribution in [3.63, 3.8) is 0 Å². The summed E-state index contributed by atoms with van der Waals surface area (Å²) in [4.78, 5) is 29.5. The number of amides is 3. The minimum absolute atomic E-state index is 0.00505. The van der Waals surface area contributed by atoms with E-state index in [9.17, 15) is 9.59 Å². The average molecular weight is 445 g/mol. The van der Waals surface area contributed by atoms with Gasteiger partial charge in [-0.3, -0.25) is 9.78 Å². The van der Waals surface area contributed by atoms with Crippen LogP contribution in [0.15, 0.2) is 79.1 Å². The predicted molar refractivity (Wildman–Crippen MR) is 127 cm³/mol. The monoisotopic (exact) mass is 444 g/mol. The average Bonchev–Trinajstić information content (AvgIpc) is 2.88. The molecule has 0 atom stereocenters. The van der Waals surface area contributed by atoms with Gasteiger partial charge in [-0.1, -0.05) is 42.5 Å². The van der Waals surface area contributed by atoms with Crippen molar-refractivity contribution in [3.05, 3.63) is 95.8 Å². The van der Waals surface area contributed by atoms with Crippen molar-refractivity contribution in [2.45, 2.75) is 31.3 Å². The van der Waals surface area contributed by atoms with Crippen molar-refractivity contribution in [3.8, 4) is 0 Å². The van der Waals surface area contributed by atoms with Gasteiger partial charge < -0.3 is 20.7 Å². The summed E-state index contributed by atoms with van der Waals surface area (Å²) < 4.78 is 5.53. The molecule has 1 saturated heterocycles. The van der Waals surface area contributed by atoms with E-state index >= 15 is 0 Å². The summed E-state index contributed by atoms with van der Waals surface area (Å²) in [5.41, 5.74) is 2.98. The van der Waals surface area contributed by atoms with Crippen LogP contribution in [0.2, 0.25) is 0 Å². The molecule has 1 aliphatic rings. The first-order valence-electron chi connectivity index (χ1n) is 11.1. The summed E-state index contributed by atoms with van der Waals surface area (Å²) in [5.74, 6) is 0.00505. The molecule has 3 amide bonds. The summed E-state index contributed by atoms with van der Waals surface area (Å²) in [6.45, 7) is 1.92. The fourth-order valence-electron chi connectivity index (χ4n) is 4.09. The number of hydrogen-bond donors (Lipinski definition) is 3. The van der Waals surface area contributed by atoms with Crippen LogP contribution in [0.4, 0.5) is 10.5 Å². The van der Waals surface area contributed by atoms with Crippen LogP contribution in [0.1, 0.15) is 29.5 Å². The molecule has 1 aromatic heterocycles. The van der Waals surface area contributed by atoms with Gasteiger partial charge in [0.15, 0.2) is 0 Å². The fraction of sp³-hybridized carbons (Fsp3) is 0.269. The lowest BCUT2D eigenvalue weighted by atomic mass is 9.73. The zero-order valence-corrected chi connectivity index (χ0v) is 18.4. The molecule has 4 rings (SSSR count). The molecule has 3 aromatic rings. The normalized spacial score (nSPS) is 14.8. The zero-order valence-electron chi connectivity index (χ0n) is 18.4. The first-order chi connectivity index (χ1) is 16.2.